The predicted molar refractivity (Wildman–Crippen MR) is 96.6 cm³/mol. The largest absolute Gasteiger partial charge is 0.497 e. The number of carbonyl (C=O) groups is 1. The second-order valence-corrected chi connectivity index (χ2v) is 5.85. The average Bonchev–Trinajstić information content (AvgIpc) is 3.40. The van der Waals surface area contributed by atoms with Crippen molar-refractivity contribution in [1.29, 1.82) is 0 Å². The van der Waals surface area contributed by atoms with Crippen LogP contribution in [0.3, 0.4) is 0 Å². The van der Waals surface area contributed by atoms with Crippen molar-refractivity contribution in [3.8, 4) is 34.5 Å². The third kappa shape index (κ3) is 3.41. The Morgan fingerprint density at radius 2 is 1.96 bits per heavy atom. The summed E-state index contributed by atoms with van der Waals surface area (Å²) in [6.07, 6.45) is 0. The minimum absolute atomic E-state index is 0.0693. The summed E-state index contributed by atoms with van der Waals surface area (Å²) in [5, 5.41) is 6.49. The van der Waals surface area contributed by atoms with Crippen LogP contribution < -0.4 is 24.3 Å². The lowest BCUT2D eigenvalue weighted by molar-refractivity contribution is 0.0937. The van der Waals surface area contributed by atoms with Gasteiger partial charge in [-0.25, -0.2) is 0 Å². The van der Waals surface area contributed by atoms with E-state index in [1.807, 2.05) is 6.07 Å². The zero-order valence-corrected chi connectivity index (χ0v) is 15.2. The molecule has 1 amide bonds. The predicted octanol–water partition coefficient (Wildman–Crippen LogP) is 2.41. The van der Waals surface area contributed by atoms with Gasteiger partial charge in [0.15, 0.2) is 11.5 Å². The molecule has 0 fully saturated rings. The van der Waals surface area contributed by atoms with E-state index in [4.69, 9.17) is 23.5 Å². The average molecular weight is 383 g/mol. The van der Waals surface area contributed by atoms with Gasteiger partial charge in [-0.1, -0.05) is 5.16 Å². The molecule has 0 aliphatic carbocycles. The molecule has 0 saturated heterocycles. The first-order chi connectivity index (χ1) is 13.7. The van der Waals surface area contributed by atoms with Gasteiger partial charge in [0.1, 0.15) is 11.5 Å². The lowest BCUT2D eigenvalue weighted by Gasteiger charge is -2.10. The first kappa shape index (κ1) is 17.7. The Hall–Kier alpha value is -3.75. The van der Waals surface area contributed by atoms with Crippen LogP contribution in [0.25, 0.3) is 11.5 Å². The Labute approximate surface area is 160 Å². The fourth-order valence-electron chi connectivity index (χ4n) is 2.71. The maximum Gasteiger partial charge on any atom is 0.292 e. The van der Waals surface area contributed by atoms with Gasteiger partial charge in [-0.3, -0.25) is 4.79 Å². The number of aromatic nitrogens is 2. The standard InChI is InChI=1S/C19H17N3O6/c1-24-13-5-3-12(15(8-13)25-2)9-20-18(23)17-21-19(28-22-17)11-4-6-14-16(7-11)27-10-26-14/h3-8H,9-10H2,1-2H3,(H,20,23). The SMILES string of the molecule is COc1ccc(CNC(=O)c2noc(-c3ccc4c(c3)OCO4)n2)c(OC)c1. The molecule has 0 atom stereocenters. The topological polar surface area (TPSA) is 105 Å². The Morgan fingerprint density at radius 1 is 1.11 bits per heavy atom. The summed E-state index contributed by atoms with van der Waals surface area (Å²) in [5.74, 6) is 2.19. The van der Waals surface area contributed by atoms with Crippen molar-refractivity contribution < 1.29 is 28.3 Å². The Bertz CT molecular complexity index is 1020. The van der Waals surface area contributed by atoms with Crippen LogP contribution in [0.15, 0.2) is 40.9 Å². The number of methoxy groups -OCH3 is 2. The lowest BCUT2D eigenvalue weighted by atomic mass is 10.2. The molecule has 1 aromatic heterocycles. The molecule has 9 heteroatoms. The molecule has 0 unspecified atom stereocenters. The zero-order valence-electron chi connectivity index (χ0n) is 15.2. The Kier molecular flexibility index (Phi) is 4.71. The molecule has 0 spiro atoms. The van der Waals surface area contributed by atoms with E-state index in [-0.39, 0.29) is 25.1 Å². The fourth-order valence-corrected chi connectivity index (χ4v) is 2.71. The quantitative estimate of drug-likeness (QED) is 0.692. The van der Waals surface area contributed by atoms with E-state index in [1.54, 1.807) is 44.6 Å². The van der Waals surface area contributed by atoms with Crippen molar-refractivity contribution in [3.63, 3.8) is 0 Å². The molecule has 2 heterocycles. The number of fused-ring (bicyclic) bond motifs is 1. The maximum atomic E-state index is 12.4. The van der Waals surface area contributed by atoms with Gasteiger partial charge in [0.05, 0.1) is 14.2 Å². The van der Waals surface area contributed by atoms with Gasteiger partial charge in [0.2, 0.25) is 6.79 Å². The zero-order chi connectivity index (χ0) is 19.5. The first-order valence-corrected chi connectivity index (χ1v) is 8.41. The highest BCUT2D eigenvalue weighted by Gasteiger charge is 2.19. The first-order valence-electron chi connectivity index (χ1n) is 8.41. The van der Waals surface area contributed by atoms with Gasteiger partial charge in [-0.2, -0.15) is 4.98 Å². The number of hydrogen-bond donors (Lipinski definition) is 1. The van der Waals surface area contributed by atoms with Crippen LogP contribution >= 0.6 is 0 Å². The van der Waals surface area contributed by atoms with Crippen LogP contribution in [-0.4, -0.2) is 37.1 Å². The van der Waals surface area contributed by atoms with Crippen LogP contribution in [0.4, 0.5) is 0 Å². The van der Waals surface area contributed by atoms with Crippen LogP contribution in [0.5, 0.6) is 23.0 Å². The maximum absolute atomic E-state index is 12.4. The van der Waals surface area contributed by atoms with Crippen molar-refractivity contribution in [3.05, 3.63) is 47.8 Å². The van der Waals surface area contributed by atoms with Crippen molar-refractivity contribution in [2.45, 2.75) is 6.54 Å². The Morgan fingerprint density at radius 3 is 2.79 bits per heavy atom. The second-order valence-electron chi connectivity index (χ2n) is 5.85. The molecule has 1 aliphatic rings. The summed E-state index contributed by atoms with van der Waals surface area (Å²) >= 11 is 0. The Balaban J connectivity index is 1.45. The monoisotopic (exact) mass is 383 g/mol. The van der Waals surface area contributed by atoms with E-state index in [9.17, 15) is 4.79 Å². The molecule has 0 saturated carbocycles. The van der Waals surface area contributed by atoms with E-state index in [1.165, 1.54) is 0 Å². The number of benzene rings is 2. The van der Waals surface area contributed by atoms with E-state index >= 15 is 0 Å². The molecule has 9 nitrogen and oxygen atoms in total. The highest BCUT2D eigenvalue weighted by molar-refractivity contribution is 5.90. The molecule has 1 aliphatic heterocycles. The van der Waals surface area contributed by atoms with Gasteiger partial charge >= 0.3 is 0 Å². The molecule has 2 aromatic carbocycles. The fraction of sp³-hybridized carbons (Fsp3) is 0.211. The highest BCUT2D eigenvalue weighted by atomic mass is 16.7. The molecular formula is C19H17N3O6. The number of amides is 1. The number of carbonyl (C=O) groups excluding carboxylic acids is 1. The normalized spacial score (nSPS) is 11.9. The van der Waals surface area contributed by atoms with Crippen molar-refractivity contribution in [2.24, 2.45) is 0 Å². The van der Waals surface area contributed by atoms with Gasteiger partial charge in [0, 0.05) is 23.7 Å². The molecule has 144 valence electrons. The summed E-state index contributed by atoms with van der Waals surface area (Å²) in [6.45, 7) is 0.408. The third-order valence-electron chi connectivity index (χ3n) is 4.18. The number of hydrogen-bond acceptors (Lipinski definition) is 8. The second kappa shape index (κ2) is 7.47. The summed E-state index contributed by atoms with van der Waals surface area (Å²) in [7, 11) is 3.13. The molecule has 0 bridgehead atoms. The van der Waals surface area contributed by atoms with Gasteiger partial charge in [-0.05, 0) is 30.3 Å². The number of nitrogens with one attached hydrogen (secondary N) is 1. The highest BCUT2D eigenvalue weighted by Crippen LogP contribution is 2.35. The summed E-state index contributed by atoms with van der Waals surface area (Å²) in [4.78, 5) is 16.5. The van der Waals surface area contributed by atoms with Gasteiger partial charge < -0.3 is 28.8 Å². The number of rotatable bonds is 6. The molecule has 4 rings (SSSR count). The van der Waals surface area contributed by atoms with Crippen LogP contribution in [0.2, 0.25) is 0 Å². The van der Waals surface area contributed by atoms with Crippen LogP contribution in [0.1, 0.15) is 16.2 Å². The summed E-state index contributed by atoms with van der Waals surface area (Å²) in [6, 6.07) is 10.6. The number of ether oxygens (including phenoxy) is 4. The van der Waals surface area contributed by atoms with Crippen LogP contribution in [-0.2, 0) is 6.54 Å². The van der Waals surface area contributed by atoms with Gasteiger partial charge in [-0.15, -0.1) is 0 Å². The van der Waals surface area contributed by atoms with Crippen molar-refractivity contribution in [2.75, 3.05) is 21.0 Å². The minimum atomic E-state index is -0.464. The molecule has 1 N–H and O–H groups in total. The van der Waals surface area contributed by atoms with E-state index in [2.05, 4.69) is 15.5 Å². The molecular weight excluding hydrogens is 366 g/mol. The van der Waals surface area contributed by atoms with Gasteiger partial charge in [0.25, 0.3) is 17.6 Å². The smallest absolute Gasteiger partial charge is 0.292 e. The van der Waals surface area contributed by atoms with E-state index < -0.39 is 5.91 Å². The minimum Gasteiger partial charge on any atom is -0.497 e. The van der Waals surface area contributed by atoms with Crippen molar-refractivity contribution in [1.82, 2.24) is 15.5 Å². The lowest BCUT2D eigenvalue weighted by Crippen LogP contribution is -2.24. The van der Waals surface area contributed by atoms with Crippen LogP contribution in [0, 0.1) is 0 Å². The summed E-state index contributed by atoms with van der Waals surface area (Å²) in [5.41, 5.74) is 1.42. The van der Waals surface area contributed by atoms with Crippen molar-refractivity contribution >= 4 is 5.91 Å². The van der Waals surface area contributed by atoms with E-state index in [0.29, 0.717) is 28.6 Å². The number of nitrogens with zero attached hydrogens (tertiary/aromatic N) is 2. The van der Waals surface area contributed by atoms with E-state index in [0.717, 1.165) is 5.56 Å². The molecule has 28 heavy (non-hydrogen) atoms. The molecule has 0 radical (unpaired) electrons. The molecule has 3 aromatic rings. The third-order valence-corrected chi connectivity index (χ3v) is 4.18. The summed E-state index contributed by atoms with van der Waals surface area (Å²) < 4.78 is 26.3.